The predicted molar refractivity (Wildman–Crippen MR) is 84.9 cm³/mol. The third-order valence-corrected chi connectivity index (χ3v) is 6.16. The van der Waals surface area contributed by atoms with E-state index in [1.54, 1.807) is 0 Å². The number of aryl methyl sites for hydroxylation is 1. The topological polar surface area (TPSA) is 57.7 Å². The van der Waals surface area contributed by atoms with Crippen molar-refractivity contribution in [1.29, 1.82) is 0 Å². The van der Waals surface area contributed by atoms with Crippen LogP contribution in [0.25, 0.3) is 0 Å². The van der Waals surface area contributed by atoms with Gasteiger partial charge in [0.15, 0.2) is 0 Å². The predicted octanol–water partition coefficient (Wildman–Crippen LogP) is 1.03. The first kappa shape index (κ1) is 15.5. The number of hydrogen-bond donors (Lipinski definition) is 0. The summed E-state index contributed by atoms with van der Waals surface area (Å²) in [6.07, 6.45) is 2.54. The molecule has 0 bridgehead atoms. The average molecular weight is 322 g/mol. The lowest BCUT2D eigenvalue weighted by Crippen LogP contribution is -2.66. The number of carbonyl (C=O) groups is 1. The molecule has 2 aliphatic rings. The molecule has 1 aromatic carbocycles. The van der Waals surface area contributed by atoms with Gasteiger partial charge in [0.1, 0.15) is 0 Å². The summed E-state index contributed by atoms with van der Waals surface area (Å²) in [6.45, 7) is 3.89. The molecule has 22 heavy (non-hydrogen) atoms. The molecule has 1 aromatic rings. The summed E-state index contributed by atoms with van der Waals surface area (Å²) in [5.41, 5.74) is 2.16. The Bertz CT molecular complexity index is 686. The van der Waals surface area contributed by atoms with Gasteiger partial charge >= 0.3 is 0 Å². The SMILES string of the molecule is Cc1ccccc1CC(=O)N1CC[C@@H]2CN(S(C)(=O)=O)[C@@H]2C1. The second-order valence-electron chi connectivity index (χ2n) is 6.39. The largest absolute Gasteiger partial charge is 0.341 e. The zero-order valence-electron chi connectivity index (χ0n) is 13.0. The van der Waals surface area contributed by atoms with Gasteiger partial charge in [-0.1, -0.05) is 24.3 Å². The molecule has 120 valence electrons. The number of piperidine rings is 1. The highest BCUT2D eigenvalue weighted by Gasteiger charge is 2.47. The Labute approximate surface area is 132 Å². The second-order valence-corrected chi connectivity index (χ2v) is 8.33. The van der Waals surface area contributed by atoms with Crippen LogP contribution in [0, 0.1) is 12.8 Å². The van der Waals surface area contributed by atoms with Crippen LogP contribution in [0.1, 0.15) is 17.5 Å². The van der Waals surface area contributed by atoms with Crippen molar-refractivity contribution in [3.05, 3.63) is 35.4 Å². The number of carbonyl (C=O) groups excluding carboxylic acids is 1. The molecule has 0 unspecified atom stereocenters. The molecule has 2 heterocycles. The Morgan fingerprint density at radius 3 is 2.68 bits per heavy atom. The molecule has 0 saturated carbocycles. The number of rotatable bonds is 3. The molecule has 2 aliphatic heterocycles. The van der Waals surface area contributed by atoms with E-state index in [0.29, 0.717) is 25.4 Å². The second kappa shape index (κ2) is 5.66. The zero-order chi connectivity index (χ0) is 15.9. The highest BCUT2D eigenvalue weighted by Crippen LogP contribution is 2.34. The van der Waals surface area contributed by atoms with E-state index in [-0.39, 0.29) is 11.9 Å². The Balaban J connectivity index is 1.66. The average Bonchev–Trinajstić information content (AvgIpc) is 2.41. The van der Waals surface area contributed by atoms with Crippen molar-refractivity contribution in [3.63, 3.8) is 0 Å². The number of nitrogens with zero attached hydrogens (tertiary/aromatic N) is 2. The van der Waals surface area contributed by atoms with E-state index in [9.17, 15) is 13.2 Å². The summed E-state index contributed by atoms with van der Waals surface area (Å²) in [5.74, 6) is 0.505. The van der Waals surface area contributed by atoms with Crippen molar-refractivity contribution in [2.45, 2.75) is 25.8 Å². The van der Waals surface area contributed by atoms with Gasteiger partial charge in [0.25, 0.3) is 0 Å². The first-order valence-electron chi connectivity index (χ1n) is 7.65. The van der Waals surface area contributed by atoms with Crippen molar-refractivity contribution in [3.8, 4) is 0 Å². The van der Waals surface area contributed by atoms with Gasteiger partial charge in [0.2, 0.25) is 15.9 Å². The molecule has 0 radical (unpaired) electrons. The normalized spacial score (nSPS) is 25.5. The quantitative estimate of drug-likeness (QED) is 0.835. The van der Waals surface area contributed by atoms with Crippen LogP contribution in [-0.4, -0.2) is 55.5 Å². The monoisotopic (exact) mass is 322 g/mol. The first-order chi connectivity index (χ1) is 10.4. The van der Waals surface area contributed by atoms with E-state index in [0.717, 1.165) is 24.1 Å². The van der Waals surface area contributed by atoms with Gasteiger partial charge < -0.3 is 4.90 Å². The molecular weight excluding hydrogens is 300 g/mol. The van der Waals surface area contributed by atoms with E-state index in [4.69, 9.17) is 0 Å². The Morgan fingerprint density at radius 2 is 2.00 bits per heavy atom. The summed E-state index contributed by atoms with van der Waals surface area (Å²) in [5, 5.41) is 0. The number of hydrogen-bond acceptors (Lipinski definition) is 3. The zero-order valence-corrected chi connectivity index (χ0v) is 13.8. The summed E-state index contributed by atoms with van der Waals surface area (Å²) in [4.78, 5) is 14.3. The number of likely N-dealkylation sites (tertiary alicyclic amines) is 1. The fourth-order valence-electron chi connectivity index (χ4n) is 3.44. The molecule has 2 saturated heterocycles. The number of fused-ring (bicyclic) bond motifs is 1. The summed E-state index contributed by atoms with van der Waals surface area (Å²) in [6, 6.07) is 7.87. The van der Waals surface area contributed by atoms with Gasteiger partial charge in [0, 0.05) is 25.7 Å². The highest BCUT2D eigenvalue weighted by molar-refractivity contribution is 7.88. The maximum Gasteiger partial charge on any atom is 0.227 e. The molecule has 0 aliphatic carbocycles. The van der Waals surface area contributed by atoms with E-state index in [1.807, 2.05) is 36.1 Å². The Hall–Kier alpha value is -1.40. The minimum Gasteiger partial charge on any atom is -0.341 e. The van der Waals surface area contributed by atoms with Crippen LogP contribution in [0.5, 0.6) is 0 Å². The van der Waals surface area contributed by atoms with Gasteiger partial charge in [-0.15, -0.1) is 0 Å². The third-order valence-electron chi connectivity index (χ3n) is 4.89. The van der Waals surface area contributed by atoms with Crippen molar-refractivity contribution in [1.82, 2.24) is 9.21 Å². The van der Waals surface area contributed by atoms with Crippen LogP contribution >= 0.6 is 0 Å². The standard InChI is InChI=1S/C16H22N2O3S/c1-12-5-3-4-6-13(12)9-16(19)17-8-7-14-10-18(15(14)11-17)22(2,20)21/h3-6,14-15H,7-11H2,1-2H3/t14-,15-/m1/s1. The van der Waals surface area contributed by atoms with Crippen LogP contribution in [-0.2, 0) is 21.2 Å². The van der Waals surface area contributed by atoms with Gasteiger partial charge in [-0.2, -0.15) is 4.31 Å². The lowest BCUT2D eigenvalue weighted by atomic mass is 9.84. The van der Waals surface area contributed by atoms with E-state index in [1.165, 1.54) is 10.6 Å². The molecular formula is C16H22N2O3S. The maximum atomic E-state index is 12.5. The lowest BCUT2D eigenvalue weighted by molar-refractivity contribution is -0.135. The molecule has 3 rings (SSSR count). The van der Waals surface area contributed by atoms with Gasteiger partial charge in [-0.3, -0.25) is 4.79 Å². The van der Waals surface area contributed by atoms with Gasteiger partial charge in [-0.05, 0) is 30.4 Å². The Morgan fingerprint density at radius 1 is 1.27 bits per heavy atom. The van der Waals surface area contributed by atoms with Crippen molar-refractivity contribution in [2.24, 2.45) is 5.92 Å². The molecule has 2 fully saturated rings. The molecule has 5 nitrogen and oxygen atoms in total. The third kappa shape index (κ3) is 2.90. The fourth-order valence-corrected chi connectivity index (χ4v) is 4.63. The van der Waals surface area contributed by atoms with Crippen LogP contribution < -0.4 is 0 Å². The molecule has 0 spiro atoms. The fraction of sp³-hybridized carbons (Fsp3) is 0.562. The molecule has 6 heteroatoms. The smallest absolute Gasteiger partial charge is 0.227 e. The number of benzene rings is 1. The van der Waals surface area contributed by atoms with Crippen molar-refractivity contribution >= 4 is 15.9 Å². The van der Waals surface area contributed by atoms with Crippen molar-refractivity contribution in [2.75, 3.05) is 25.9 Å². The van der Waals surface area contributed by atoms with E-state index < -0.39 is 10.0 Å². The number of sulfonamides is 1. The minimum atomic E-state index is -3.16. The molecule has 0 aromatic heterocycles. The summed E-state index contributed by atoms with van der Waals surface area (Å²) >= 11 is 0. The summed E-state index contributed by atoms with van der Waals surface area (Å²) in [7, 11) is -3.16. The maximum absolute atomic E-state index is 12.5. The van der Waals surface area contributed by atoms with Crippen LogP contribution in [0.3, 0.4) is 0 Å². The Kier molecular flexibility index (Phi) is 3.99. The summed E-state index contributed by atoms with van der Waals surface area (Å²) < 4.78 is 24.9. The lowest BCUT2D eigenvalue weighted by Gasteiger charge is -2.51. The van der Waals surface area contributed by atoms with Crippen molar-refractivity contribution < 1.29 is 13.2 Å². The van der Waals surface area contributed by atoms with E-state index in [2.05, 4.69) is 0 Å². The minimum absolute atomic E-state index is 0.0235. The van der Waals surface area contributed by atoms with Crippen LogP contribution in [0.2, 0.25) is 0 Å². The molecule has 0 N–H and O–H groups in total. The first-order valence-corrected chi connectivity index (χ1v) is 9.50. The van der Waals surface area contributed by atoms with E-state index >= 15 is 0 Å². The van der Waals surface area contributed by atoms with Gasteiger partial charge in [-0.25, -0.2) is 8.42 Å². The molecule has 2 atom stereocenters. The van der Waals surface area contributed by atoms with Crippen LogP contribution in [0.4, 0.5) is 0 Å². The highest BCUT2D eigenvalue weighted by atomic mass is 32.2. The number of amides is 1. The van der Waals surface area contributed by atoms with Crippen LogP contribution in [0.15, 0.2) is 24.3 Å². The molecule has 1 amide bonds. The van der Waals surface area contributed by atoms with Gasteiger partial charge in [0.05, 0.1) is 12.7 Å².